The largest absolute Gasteiger partial charge is 0.440 e. The Morgan fingerprint density at radius 1 is 1.50 bits per heavy atom. The van der Waals surface area contributed by atoms with Crippen LogP contribution in [0, 0.1) is 10.1 Å². The maximum absolute atomic E-state index is 12.3. The van der Waals surface area contributed by atoms with Gasteiger partial charge in [-0.1, -0.05) is 0 Å². The van der Waals surface area contributed by atoms with Gasteiger partial charge in [0, 0.05) is 12.3 Å². The number of halogens is 3. The number of carbonyl (C=O) groups is 1. The van der Waals surface area contributed by atoms with Crippen LogP contribution in [-0.2, 0) is 6.18 Å². The van der Waals surface area contributed by atoms with Crippen molar-refractivity contribution in [3.8, 4) is 0 Å². The summed E-state index contributed by atoms with van der Waals surface area (Å²) in [6.07, 6.45) is -4.42. The van der Waals surface area contributed by atoms with Crippen LogP contribution in [0.3, 0.4) is 0 Å². The predicted molar refractivity (Wildman–Crippen MR) is 44.4 cm³/mol. The number of alkyl halides is 3. The molecule has 0 bridgehead atoms. The Hall–Kier alpha value is -2.19. The molecular weight excluding hydrogens is 231 g/mol. The molecule has 0 saturated heterocycles. The fraction of sp³-hybridized carbons (Fsp3) is 0.143. The normalized spacial score (nSPS) is 11.2. The van der Waals surface area contributed by atoms with E-state index >= 15 is 0 Å². The van der Waals surface area contributed by atoms with Gasteiger partial charge >= 0.3 is 11.9 Å². The van der Waals surface area contributed by atoms with Gasteiger partial charge in [0.05, 0.1) is 10.5 Å². The summed E-state index contributed by atoms with van der Waals surface area (Å²) in [7, 11) is 0. The molecule has 6 nitrogen and oxygen atoms in total. The van der Waals surface area contributed by atoms with Crippen LogP contribution < -0.4 is 5.73 Å². The Morgan fingerprint density at radius 2 is 2.06 bits per heavy atom. The molecule has 0 radical (unpaired) electrons. The van der Waals surface area contributed by atoms with E-state index < -0.39 is 34.0 Å². The molecule has 0 fully saturated rings. The average molecular weight is 235 g/mol. The first kappa shape index (κ1) is 11.9. The molecule has 86 valence electrons. The van der Waals surface area contributed by atoms with Crippen molar-refractivity contribution in [1.82, 2.24) is 4.98 Å². The Morgan fingerprint density at radius 3 is 2.44 bits per heavy atom. The Kier molecular flexibility index (Phi) is 2.79. The highest BCUT2D eigenvalue weighted by Gasteiger charge is 2.40. The molecule has 0 aliphatic carbocycles. The summed E-state index contributed by atoms with van der Waals surface area (Å²) in [5, 5.41) is 10.4. The quantitative estimate of drug-likeness (QED) is 0.612. The number of aromatic nitrogens is 1. The van der Waals surface area contributed by atoms with Crippen molar-refractivity contribution in [3.05, 3.63) is 33.6 Å². The van der Waals surface area contributed by atoms with Crippen LogP contribution in [0.4, 0.5) is 18.9 Å². The lowest BCUT2D eigenvalue weighted by atomic mass is 10.2. The molecule has 0 saturated carbocycles. The van der Waals surface area contributed by atoms with Gasteiger partial charge in [-0.25, -0.2) is 4.98 Å². The van der Waals surface area contributed by atoms with Crippen LogP contribution in [0.2, 0.25) is 0 Å². The number of hydrogen-bond donors (Lipinski definition) is 1. The molecule has 1 aromatic heterocycles. The molecule has 2 N–H and O–H groups in total. The molecular formula is C7H4F3N3O3. The van der Waals surface area contributed by atoms with Crippen molar-refractivity contribution < 1.29 is 22.9 Å². The highest BCUT2D eigenvalue weighted by Crippen LogP contribution is 2.34. The van der Waals surface area contributed by atoms with Crippen LogP contribution in [0.25, 0.3) is 0 Å². The number of amides is 1. The van der Waals surface area contributed by atoms with E-state index in [0.717, 1.165) is 0 Å². The van der Waals surface area contributed by atoms with Crippen molar-refractivity contribution in [1.29, 1.82) is 0 Å². The number of nitrogens with two attached hydrogens (primary N) is 1. The number of pyridine rings is 1. The summed E-state index contributed by atoms with van der Waals surface area (Å²) < 4.78 is 36.8. The fourth-order valence-corrected chi connectivity index (χ4v) is 0.945. The lowest BCUT2D eigenvalue weighted by molar-refractivity contribution is -0.388. The Bertz CT molecular complexity index is 458. The van der Waals surface area contributed by atoms with E-state index in [9.17, 15) is 28.1 Å². The molecule has 1 amide bonds. The van der Waals surface area contributed by atoms with Gasteiger partial charge in [0.15, 0.2) is 0 Å². The van der Waals surface area contributed by atoms with Crippen molar-refractivity contribution in [2.75, 3.05) is 0 Å². The van der Waals surface area contributed by atoms with Gasteiger partial charge in [-0.05, 0) is 0 Å². The van der Waals surface area contributed by atoms with E-state index in [1.54, 1.807) is 0 Å². The maximum Gasteiger partial charge on any atom is 0.440 e. The highest BCUT2D eigenvalue weighted by atomic mass is 19.4. The predicted octanol–water partition coefficient (Wildman–Crippen LogP) is 1.11. The molecule has 0 aliphatic heterocycles. The Labute approximate surface area is 86.0 Å². The summed E-state index contributed by atoms with van der Waals surface area (Å²) in [6, 6.07) is 0.443. The zero-order valence-electron chi connectivity index (χ0n) is 7.49. The van der Waals surface area contributed by atoms with Gasteiger partial charge in [-0.15, -0.1) is 0 Å². The third kappa shape index (κ3) is 2.24. The third-order valence-electron chi connectivity index (χ3n) is 1.62. The van der Waals surface area contributed by atoms with Gasteiger partial charge in [0.2, 0.25) is 5.69 Å². The zero-order chi connectivity index (χ0) is 12.5. The average Bonchev–Trinajstić information content (AvgIpc) is 2.15. The van der Waals surface area contributed by atoms with Crippen molar-refractivity contribution in [3.63, 3.8) is 0 Å². The molecule has 1 aromatic rings. The summed E-state index contributed by atoms with van der Waals surface area (Å²) in [5.41, 5.74) is 1.33. The number of nitrogens with zero attached hydrogens (tertiary/aromatic N) is 2. The molecule has 0 spiro atoms. The van der Waals surface area contributed by atoms with E-state index in [0.29, 0.717) is 12.3 Å². The summed E-state index contributed by atoms with van der Waals surface area (Å²) in [4.78, 5) is 22.5. The van der Waals surface area contributed by atoms with Crippen LogP contribution >= 0.6 is 0 Å². The first-order valence-corrected chi connectivity index (χ1v) is 3.75. The molecule has 0 unspecified atom stereocenters. The standard InChI is InChI=1S/C7H4F3N3O3/c8-7(9,10)5-4(13(15)16)1-3(2-12-5)6(11)14/h1-2H,(H2,11,14). The van der Waals surface area contributed by atoms with Gasteiger partial charge in [-0.3, -0.25) is 14.9 Å². The van der Waals surface area contributed by atoms with E-state index in [1.165, 1.54) is 0 Å². The summed E-state index contributed by atoms with van der Waals surface area (Å²) in [6.45, 7) is 0. The first-order chi connectivity index (χ1) is 7.23. The molecule has 16 heavy (non-hydrogen) atoms. The molecule has 9 heteroatoms. The van der Waals surface area contributed by atoms with Crippen LogP contribution in [0.5, 0.6) is 0 Å². The minimum Gasteiger partial charge on any atom is -0.366 e. The molecule has 1 heterocycles. The molecule has 0 atom stereocenters. The van der Waals surface area contributed by atoms with Gasteiger partial charge < -0.3 is 5.73 Å². The van der Waals surface area contributed by atoms with Gasteiger partial charge in [-0.2, -0.15) is 13.2 Å². The van der Waals surface area contributed by atoms with Gasteiger partial charge in [0.1, 0.15) is 0 Å². The monoisotopic (exact) mass is 235 g/mol. The van der Waals surface area contributed by atoms with E-state index in [-0.39, 0.29) is 0 Å². The lowest BCUT2D eigenvalue weighted by Crippen LogP contribution is -2.16. The smallest absolute Gasteiger partial charge is 0.366 e. The molecule has 0 aliphatic rings. The van der Waals surface area contributed by atoms with E-state index in [1.807, 2.05) is 0 Å². The number of rotatable bonds is 2. The van der Waals surface area contributed by atoms with E-state index in [4.69, 9.17) is 5.73 Å². The fourth-order valence-electron chi connectivity index (χ4n) is 0.945. The van der Waals surface area contributed by atoms with Crippen molar-refractivity contribution >= 4 is 11.6 Å². The van der Waals surface area contributed by atoms with E-state index in [2.05, 4.69) is 4.98 Å². The lowest BCUT2D eigenvalue weighted by Gasteiger charge is -2.06. The number of hydrogen-bond acceptors (Lipinski definition) is 4. The molecule has 0 aromatic carbocycles. The van der Waals surface area contributed by atoms with Gasteiger partial charge in [0.25, 0.3) is 5.91 Å². The minimum absolute atomic E-state index is 0.443. The Balaban J connectivity index is 3.43. The van der Waals surface area contributed by atoms with Crippen LogP contribution in [0.15, 0.2) is 12.3 Å². The SMILES string of the molecule is NC(=O)c1cnc(C(F)(F)F)c([N+](=O)[O-])c1. The maximum atomic E-state index is 12.3. The third-order valence-corrected chi connectivity index (χ3v) is 1.62. The first-order valence-electron chi connectivity index (χ1n) is 3.75. The van der Waals surface area contributed by atoms with Crippen LogP contribution in [0.1, 0.15) is 16.1 Å². The van der Waals surface area contributed by atoms with Crippen molar-refractivity contribution in [2.45, 2.75) is 6.18 Å². The summed E-state index contributed by atoms with van der Waals surface area (Å²) in [5.74, 6) is -1.09. The second-order valence-electron chi connectivity index (χ2n) is 2.71. The second kappa shape index (κ2) is 3.76. The topological polar surface area (TPSA) is 99.1 Å². The highest BCUT2D eigenvalue weighted by molar-refractivity contribution is 5.93. The number of nitro groups is 1. The number of primary amides is 1. The van der Waals surface area contributed by atoms with Crippen LogP contribution in [-0.4, -0.2) is 15.8 Å². The zero-order valence-corrected chi connectivity index (χ0v) is 7.49. The minimum atomic E-state index is -4.96. The summed E-state index contributed by atoms with van der Waals surface area (Å²) >= 11 is 0. The van der Waals surface area contributed by atoms with Crippen molar-refractivity contribution in [2.24, 2.45) is 5.73 Å². The number of carbonyl (C=O) groups excluding carboxylic acids is 1. The second-order valence-corrected chi connectivity index (χ2v) is 2.71. The molecule has 1 rings (SSSR count).